The highest BCUT2D eigenvalue weighted by Crippen LogP contribution is 2.21. The molecule has 3 rings (SSSR count). The summed E-state index contributed by atoms with van der Waals surface area (Å²) in [7, 11) is 0. The van der Waals surface area contributed by atoms with E-state index >= 15 is 0 Å². The third-order valence-corrected chi connectivity index (χ3v) is 4.49. The van der Waals surface area contributed by atoms with E-state index in [1.165, 1.54) is 51.5 Å². The van der Waals surface area contributed by atoms with Crippen LogP contribution in [0.1, 0.15) is 24.8 Å². The van der Waals surface area contributed by atoms with Crippen LogP contribution in [0.2, 0.25) is 0 Å². The number of benzene rings is 1. The van der Waals surface area contributed by atoms with Crippen LogP contribution in [0, 0.1) is 5.82 Å². The Bertz CT molecular complexity index is 421. The number of hydrogen-bond donors (Lipinski definition) is 0. The van der Waals surface area contributed by atoms with E-state index in [9.17, 15) is 4.39 Å². The lowest BCUT2D eigenvalue weighted by atomic mass is 10.1. The van der Waals surface area contributed by atoms with Crippen LogP contribution in [0.25, 0.3) is 0 Å². The SMILES string of the molecule is Fc1cccc(CCN2CCCN3CCCC3C2)c1. The van der Waals surface area contributed by atoms with Gasteiger partial charge in [-0.05, 0) is 63.0 Å². The van der Waals surface area contributed by atoms with E-state index in [0.29, 0.717) is 0 Å². The lowest BCUT2D eigenvalue weighted by Gasteiger charge is -2.25. The van der Waals surface area contributed by atoms with Crippen molar-refractivity contribution < 1.29 is 4.39 Å². The fourth-order valence-corrected chi connectivity index (χ4v) is 3.47. The van der Waals surface area contributed by atoms with E-state index in [-0.39, 0.29) is 5.82 Å². The van der Waals surface area contributed by atoms with E-state index in [1.807, 2.05) is 12.1 Å². The summed E-state index contributed by atoms with van der Waals surface area (Å²) < 4.78 is 13.2. The van der Waals surface area contributed by atoms with Crippen LogP contribution < -0.4 is 0 Å². The average Bonchev–Trinajstić information content (AvgIpc) is 2.75. The third-order valence-electron chi connectivity index (χ3n) is 4.49. The standard InChI is InChI=1S/C16H23FN2/c17-15-5-1-4-14(12-15)7-11-18-8-3-10-19-9-2-6-16(19)13-18/h1,4-5,12,16H,2-3,6-11,13H2. The van der Waals surface area contributed by atoms with Crippen LogP contribution in [-0.2, 0) is 6.42 Å². The smallest absolute Gasteiger partial charge is 0.123 e. The van der Waals surface area contributed by atoms with Crippen molar-refractivity contribution in [3.63, 3.8) is 0 Å². The molecule has 0 bridgehead atoms. The Kier molecular flexibility index (Phi) is 4.14. The average molecular weight is 262 g/mol. The molecule has 0 aromatic heterocycles. The molecule has 0 aliphatic carbocycles. The topological polar surface area (TPSA) is 6.48 Å². The molecule has 19 heavy (non-hydrogen) atoms. The first-order valence-corrected chi connectivity index (χ1v) is 7.52. The monoisotopic (exact) mass is 262 g/mol. The summed E-state index contributed by atoms with van der Waals surface area (Å²) >= 11 is 0. The van der Waals surface area contributed by atoms with Gasteiger partial charge in [0, 0.05) is 19.1 Å². The molecule has 2 saturated heterocycles. The molecule has 2 aliphatic heterocycles. The predicted octanol–water partition coefficient (Wildman–Crippen LogP) is 2.54. The quantitative estimate of drug-likeness (QED) is 0.826. The molecule has 1 unspecified atom stereocenters. The van der Waals surface area contributed by atoms with Crippen molar-refractivity contribution >= 4 is 0 Å². The van der Waals surface area contributed by atoms with Crippen LogP contribution in [0.3, 0.4) is 0 Å². The van der Waals surface area contributed by atoms with Gasteiger partial charge < -0.3 is 4.90 Å². The lowest BCUT2D eigenvalue weighted by molar-refractivity contribution is 0.221. The molecule has 2 aliphatic rings. The summed E-state index contributed by atoms with van der Waals surface area (Å²) in [6.07, 6.45) is 4.96. The second-order valence-corrected chi connectivity index (χ2v) is 5.87. The molecule has 0 saturated carbocycles. The molecule has 2 heterocycles. The molecule has 0 radical (unpaired) electrons. The highest BCUT2D eigenvalue weighted by Gasteiger charge is 2.28. The zero-order valence-corrected chi connectivity index (χ0v) is 11.5. The van der Waals surface area contributed by atoms with Gasteiger partial charge in [0.15, 0.2) is 0 Å². The minimum atomic E-state index is -0.115. The largest absolute Gasteiger partial charge is 0.301 e. The highest BCUT2D eigenvalue weighted by atomic mass is 19.1. The molecule has 0 spiro atoms. The summed E-state index contributed by atoms with van der Waals surface area (Å²) in [5.41, 5.74) is 1.12. The zero-order valence-electron chi connectivity index (χ0n) is 11.5. The van der Waals surface area contributed by atoms with Gasteiger partial charge in [0.1, 0.15) is 5.82 Å². The van der Waals surface area contributed by atoms with Crippen LogP contribution in [-0.4, -0.2) is 48.6 Å². The number of rotatable bonds is 3. The predicted molar refractivity (Wildman–Crippen MR) is 75.8 cm³/mol. The Balaban J connectivity index is 1.54. The van der Waals surface area contributed by atoms with Gasteiger partial charge in [-0.2, -0.15) is 0 Å². The van der Waals surface area contributed by atoms with Crippen LogP contribution >= 0.6 is 0 Å². The maximum atomic E-state index is 13.2. The van der Waals surface area contributed by atoms with Gasteiger partial charge in [-0.15, -0.1) is 0 Å². The molecule has 104 valence electrons. The van der Waals surface area contributed by atoms with E-state index < -0.39 is 0 Å². The first-order valence-electron chi connectivity index (χ1n) is 7.52. The molecule has 3 heteroatoms. The van der Waals surface area contributed by atoms with Crippen molar-refractivity contribution in [2.24, 2.45) is 0 Å². The van der Waals surface area contributed by atoms with Gasteiger partial charge in [0.05, 0.1) is 0 Å². The van der Waals surface area contributed by atoms with E-state index in [2.05, 4.69) is 9.80 Å². The van der Waals surface area contributed by atoms with Gasteiger partial charge in [-0.25, -0.2) is 4.39 Å². The summed E-state index contributed by atoms with van der Waals surface area (Å²) in [5, 5.41) is 0. The molecule has 1 atom stereocenters. The van der Waals surface area contributed by atoms with Crippen molar-refractivity contribution in [3.05, 3.63) is 35.6 Å². The Morgan fingerprint density at radius 1 is 1.16 bits per heavy atom. The van der Waals surface area contributed by atoms with Crippen molar-refractivity contribution in [1.29, 1.82) is 0 Å². The minimum absolute atomic E-state index is 0.115. The first kappa shape index (κ1) is 13.1. The second-order valence-electron chi connectivity index (χ2n) is 5.87. The molecular formula is C16H23FN2. The molecular weight excluding hydrogens is 239 g/mol. The normalized spacial score (nSPS) is 25.2. The second kappa shape index (κ2) is 6.02. The van der Waals surface area contributed by atoms with Gasteiger partial charge >= 0.3 is 0 Å². The van der Waals surface area contributed by atoms with Gasteiger partial charge in [0.25, 0.3) is 0 Å². The van der Waals surface area contributed by atoms with Crippen molar-refractivity contribution in [2.75, 3.05) is 32.7 Å². The molecule has 1 aromatic carbocycles. The van der Waals surface area contributed by atoms with Gasteiger partial charge in [-0.3, -0.25) is 4.90 Å². The highest BCUT2D eigenvalue weighted by molar-refractivity contribution is 5.16. The van der Waals surface area contributed by atoms with Crippen LogP contribution in [0.5, 0.6) is 0 Å². The molecule has 1 aromatic rings. The van der Waals surface area contributed by atoms with Crippen molar-refractivity contribution in [2.45, 2.75) is 31.7 Å². The summed E-state index contributed by atoms with van der Waals surface area (Å²) in [6, 6.07) is 7.80. The fraction of sp³-hybridized carbons (Fsp3) is 0.625. The minimum Gasteiger partial charge on any atom is -0.301 e. The maximum Gasteiger partial charge on any atom is 0.123 e. The maximum absolute atomic E-state index is 13.2. The Morgan fingerprint density at radius 2 is 2.05 bits per heavy atom. The van der Waals surface area contributed by atoms with Crippen LogP contribution in [0.4, 0.5) is 4.39 Å². The number of fused-ring (bicyclic) bond motifs is 1. The summed E-state index contributed by atoms with van der Waals surface area (Å²) in [6.45, 7) is 6.02. The Morgan fingerprint density at radius 3 is 2.95 bits per heavy atom. The van der Waals surface area contributed by atoms with Gasteiger partial charge in [0.2, 0.25) is 0 Å². The van der Waals surface area contributed by atoms with E-state index in [0.717, 1.165) is 24.6 Å². The summed E-state index contributed by atoms with van der Waals surface area (Å²) in [5.74, 6) is -0.115. The zero-order chi connectivity index (χ0) is 13.1. The Labute approximate surface area is 115 Å². The number of halogens is 1. The van der Waals surface area contributed by atoms with Crippen molar-refractivity contribution in [1.82, 2.24) is 9.80 Å². The van der Waals surface area contributed by atoms with E-state index in [4.69, 9.17) is 0 Å². The number of hydrogen-bond acceptors (Lipinski definition) is 2. The molecule has 2 nitrogen and oxygen atoms in total. The molecule has 0 amide bonds. The van der Waals surface area contributed by atoms with Crippen LogP contribution in [0.15, 0.2) is 24.3 Å². The third kappa shape index (κ3) is 3.34. The van der Waals surface area contributed by atoms with Crippen molar-refractivity contribution in [3.8, 4) is 0 Å². The number of nitrogens with zero attached hydrogens (tertiary/aromatic N) is 2. The summed E-state index contributed by atoms with van der Waals surface area (Å²) in [4.78, 5) is 5.23. The first-order chi connectivity index (χ1) is 9.31. The molecule has 2 fully saturated rings. The van der Waals surface area contributed by atoms with E-state index in [1.54, 1.807) is 6.07 Å². The fourth-order valence-electron chi connectivity index (χ4n) is 3.47. The Hall–Kier alpha value is -0.930. The lowest BCUT2D eigenvalue weighted by Crippen LogP contribution is -2.37. The van der Waals surface area contributed by atoms with Gasteiger partial charge in [-0.1, -0.05) is 12.1 Å². The molecule has 0 N–H and O–H groups in total.